The smallest absolute Gasteiger partial charge is 0.223 e. The third-order valence-electron chi connectivity index (χ3n) is 4.31. The van der Waals surface area contributed by atoms with Crippen molar-refractivity contribution < 1.29 is 4.79 Å². The van der Waals surface area contributed by atoms with Crippen molar-refractivity contribution in [3.63, 3.8) is 0 Å². The van der Waals surface area contributed by atoms with E-state index in [1.165, 1.54) is 50.6 Å². The Balaban J connectivity index is 1.91. The molecule has 1 aromatic rings. The number of nitrogens with zero attached hydrogens (tertiary/aromatic N) is 3. The van der Waals surface area contributed by atoms with E-state index in [0.717, 1.165) is 5.69 Å². The number of amides is 1. The van der Waals surface area contributed by atoms with Crippen LogP contribution in [0.25, 0.3) is 0 Å². The molecule has 2 aliphatic rings. The van der Waals surface area contributed by atoms with Crippen LogP contribution in [0.4, 0.5) is 0 Å². The van der Waals surface area contributed by atoms with Gasteiger partial charge in [0, 0.05) is 5.92 Å². The van der Waals surface area contributed by atoms with Gasteiger partial charge in [0.05, 0.1) is 23.9 Å². The maximum Gasteiger partial charge on any atom is 0.223 e. The van der Waals surface area contributed by atoms with E-state index in [9.17, 15) is 4.79 Å². The van der Waals surface area contributed by atoms with Gasteiger partial charge in [-0.15, -0.1) is 5.10 Å². The summed E-state index contributed by atoms with van der Waals surface area (Å²) in [4.78, 5) is 11.1. The number of hydrogen-bond donors (Lipinski definition) is 1. The third kappa shape index (κ3) is 2.02. The molecule has 2 aliphatic carbocycles. The van der Waals surface area contributed by atoms with Crippen molar-refractivity contribution in [1.82, 2.24) is 15.0 Å². The molecule has 5 nitrogen and oxygen atoms in total. The van der Waals surface area contributed by atoms with Gasteiger partial charge < -0.3 is 5.73 Å². The maximum absolute atomic E-state index is 11.1. The predicted octanol–water partition coefficient (Wildman–Crippen LogP) is 1.69. The Hall–Kier alpha value is -1.39. The fraction of sp³-hybridized carbons (Fsp3) is 0.769. The van der Waals surface area contributed by atoms with Gasteiger partial charge in [0.1, 0.15) is 0 Å². The highest BCUT2D eigenvalue weighted by atomic mass is 16.1. The molecule has 0 saturated heterocycles. The van der Waals surface area contributed by atoms with Crippen LogP contribution >= 0.6 is 0 Å². The summed E-state index contributed by atoms with van der Waals surface area (Å²) in [5.74, 6) is 0.240. The van der Waals surface area contributed by atoms with Crippen molar-refractivity contribution in [3.8, 4) is 0 Å². The summed E-state index contributed by atoms with van der Waals surface area (Å²) >= 11 is 0. The van der Waals surface area contributed by atoms with E-state index in [2.05, 4.69) is 15.0 Å². The highest BCUT2D eigenvalue weighted by molar-refractivity contribution is 5.76. The number of primary amides is 1. The first-order valence-electron chi connectivity index (χ1n) is 6.98. The molecule has 1 amide bonds. The molecule has 2 fully saturated rings. The Morgan fingerprint density at radius 2 is 1.94 bits per heavy atom. The number of hydrogen-bond acceptors (Lipinski definition) is 3. The number of carbonyl (C=O) groups excluding carboxylic acids is 1. The number of carbonyl (C=O) groups is 1. The average Bonchev–Trinajstić information content (AvgIpc) is 2.85. The largest absolute Gasteiger partial charge is 0.369 e. The van der Waals surface area contributed by atoms with Crippen LogP contribution in [0, 0.1) is 0 Å². The van der Waals surface area contributed by atoms with Gasteiger partial charge in [0.25, 0.3) is 0 Å². The molecule has 0 bridgehead atoms. The van der Waals surface area contributed by atoms with Crippen molar-refractivity contribution in [3.05, 3.63) is 11.4 Å². The molecule has 5 heteroatoms. The van der Waals surface area contributed by atoms with Gasteiger partial charge in [-0.05, 0) is 25.7 Å². The number of rotatable bonds is 4. The van der Waals surface area contributed by atoms with Crippen LogP contribution in [0.1, 0.15) is 68.3 Å². The molecule has 0 unspecified atom stereocenters. The first-order chi connectivity index (χ1) is 8.75. The van der Waals surface area contributed by atoms with Crippen LogP contribution in [-0.4, -0.2) is 20.9 Å². The van der Waals surface area contributed by atoms with Gasteiger partial charge in [-0.25, -0.2) is 4.68 Å². The summed E-state index contributed by atoms with van der Waals surface area (Å²) in [7, 11) is 0. The molecule has 2 saturated carbocycles. The Bertz CT molecular complexity index is 444. The summed E-state index contributed by atoms with van der Waals surface area (Å²) in [5, 5.41) is 8.53. The Kier molecular flexibility index (Phi) is 3.06. The number of nitrogens with two attached hydrogens (primary N) is 1. The Morgan fingerprint density at radius 1 is 1.22 bits per heavy atom. The molecule has 0 spiro atoms. The van der Waals surface area contributed by atoms with Gasteiger partial charge in [0.2, 0.25) is 5.91 Å². The van der Waals surface area contributed by atoms with Crippen LogP contribution in [0.2, 0.25) is 0 Å². The summed E-state index contributed by atoms with van der Waals surface area (Å²) in [6.07, 6.45) is 8.85. The minimum Gasteiger partial charge on any atom is -0.369 e. The molecule has 0 radical (unpaired) electrons. The molecule has 98 valence electrons. The molecule has 18 heavy (non-hydrogen) atoms. The van der Waals surface area contributed by atoms with Crippen molar-refractivity contribution in [2.75, 3.05) is 0 Å². The molecular formula is C13H20N4O. The average molecular weight is 248 g/mol. The molecule has 1 aromatic heterocycles. The summed E-state index contributed by atoms with van der Waals surface area (Å²) in [6.45, 7) is 0. The molecule has 2 N–H and O–H groups in total. The predicted molar refractivity (Wildman–Crippen MR) is 67.0 cm³/mol. The second-order valence-corrected chi connectivity index (χ2v) is 5.58. The molecule has 1 heterocycles. The molecule has 0 aromatic carbocycles. The van der Waals surface area contributed by atoms with Crippen LogP contribution in [0.3, 0.4) is 0 Å². The minimum atomic E-state index is -0.311. The highest BCUT2D eigenvalue weighted by Crippen LogP contribution is 2.40. The lowest BCUT2D eigenvalue weighted by Gasteiger charge is -2.28. The molecular weight excluding hydrogens is 228 g/mol. The third-order valence-corrected chi connectivity index (χ3v) is 4.31. The monoisotopic (exact) mass is 248 g/mol. The maximum atomic E-state index is 11.1. The van der Waals surface area contributed by atoms with Crippen LogP contribution < -0.4 is 5.73 Å². The normalized spacial score (nSPS) is 21.1. The summed E-state index contributed by atoms with van der Waals surface area (Å²) in [5.41, 5.74) is 7.32. The van der Waals surface area contributed by atoms with Crippen molar-refractivity contribution in [2.24, 2.45) is 5.73 Å². The molecule has 3 rings (SSSR count). The van der Waals surface area contributed by atoms with E-state index < -0.39 is 0 Å². The Morgan fingerprint density at radius 3 is 2.50 bits per heavy atom. The van der Waals surface area contributed by atoms with Gasteiger partial charge in [-0.1, -0.05) is 24.5 Å². The topological polar surface area (TPSA) is 73.8 Å². The second-order valence-electron chi connectivity index (χ2n) is 5.58. The van der Waals surface area contributed by atoms with E-state index in [1.807, 2.05) is 0 Å². The first kappa shape index (κ1) is 11.7. The lowest BCUT2D eigenvalue weighted by atomic mass is 9.81. The van der Waals surface area contributed by atoms with Gasteiger partial charge >= 0.3 is 0 Å². The zero-order chi connectivity index (χ0) is 12.5. The van der Waals surface area contributed by atoms with Crippen molar-refractivity contribution in [2.45, 2.75) is 63.3 Å². The SMILES string of the molecule is NC(=O)Cc1nnn(C2CCCC2)c1C1CCC1. The van der Waals surface area contributed by atoms with Gasteiger partial charge in [-0.3, -0.25) is 4.79 Å². The van der Waals surface area contributed by atoms with E-state index in [4.69, 9.17) is 5.73 Å². The zero-order valence-corrected chi connectivity index (χ0v) is 10.6. The lowest BCUT2D eigenvalue weighted by molar-refractivity contribution is -0.117. The molecule has 0 aliphatic heterocycles. The minimum absolute atomic E-state index is 0.235. The van der Waals surface area contributed by atoms with E-state index >= 15 is 0 Å². The lowest BCUT2D eigenvalue weighted by Crippen LogP contribution is -2.21. The van der Waals surface area contributed by atoms with Crippen LogP contribution in [0.15, 0.2) is 0 Å². The summed E-state index contributed by atoms with van der Waals surface area (Å²) < 4.78 is 2.11. The zero-order valence-electron chi connectivity index (χ0n) is 10.6. The number of aromatic nitrogens is 3. The van der Waals surface area contributed by atoms with Crippen LogP contribution in [0.5, 0.6) is 0 Å². The van der Waals surface area contributed by atoms with E-state index in [0.29, 0.717) is 12.0 Å². The van der Waals surface area contributed by atoms with Crippen molar-refractivity contribution in [1.29, 1.82) is 0 Å². The van der Waals surface area contributed by atoms with E-state index in [1.54, 1.807) is 0 Å². The fourth-order valence-electron chi connectivity index (χ4n) is 3.15. The van der Waals surface area contributed by atoms with E-state index in [-0.39, 0.29) is 12.3 Å². The molecule has 0 atom stereocenters. The van der Waals surface area contributed by atoms with Crippen LogP contribution in [-0.2, 0) is 11.2 Å². The fourth-order valence-corrected chi connectivity index (χ4v) is 3.15. The summed E-state index contributed by atoms with van der Waals surface area (Å²) in [6, 6.07) is 0.495. The van der Waals surface area contributed by atoms with Crippen molar-refractivity contribution >= 4 is 5.91 Å². The first-order valence-corrected chi connectivity index (χ1v) is 6.98. The quantitative estimate of drug-likeness (QED) is 0.881. The highest BCUT2D eigenvalue weighted by Gasteiger charge is 2.31. The Labute approximate surface area is 107 Å². The van der Waals surface area contributed by atoms with Gasteiger partial charge in [-0.2, -0.15) is 0 Å². The van der Waals surface area contributed by atoms with Gasteiger partial charge in [0.15, 0.2) is 0 Å². The second kappa shape index (κ2) is 4.71. The standard InChI is InChI=1S/C13H20N4O/c14-12(18)8-11-13(9-4-3-5-9)17(16-15-11)10-6-1-2-7-10/h9-10H,1-8H2,(H2,14,18).